The molecule has 0 saturated carbocycles. The second-order valence-corrected chi connectivity index (χ2v) is 2.17. The molecule has 1 amide bonds. The van der Waals surface area contributed by atoms with Crippen LogP contribution >= 0.6 is 0 Å². The molecule has 12 heavy (non-hydrogen) atoms. The Kier molecular flexibility index (Phi) is 2.14. The van der Waals surface area contributed by atoms with Crippen LogP contribution in [0.25, 0.3) is 0 Å². The lowest BCUT2D eigenvalue weighted by Crippen LogP contribution is -2.32. The Bertz CT molecular complexity index is 279. The smallest absolute Gasteiger partial charge is 0.349 e. The number of carboxylic acid groups (broad SMARTS) is 1. The maximum Gasteiger partial charge on any atom is 0.349 e. The molecule has 1 heterocycles. The maximum absolute atomic E-state index is 10.6. The summed E-state index contributed by atoms with van der Waals surface area (Å²) in [6.45, 7) is 0. The molecule has 0 aliphatic carbocycles. The fourth-order valence-electron chi connectivity index (χ4n) is 0.830. The third kappa shape index (κ3) is 1.45. The van der Waals surface area contributed by atoms with Gasteiger partial charge in [-0.15, -0.1) is 0 Å². The molecule has 5 heteroatoms. The molecule has 0 aromatic carbocycles. The summed E-state index contributed by atoms with van der Waals surface area (Å²) < 4.78 is 4.66. The lowest BCUT2D eigenvalue weighted by molar-refractivity contribution is -0.146. The van der Waals surface area contributed by atoms with E-state index < -0.39 is 18.0 Å². The number of aliphatic carboxylic acids is 1. The first kappa shape index (κ1) is 8.32. The van der Waals surface area contributed by atoms with Crippen molar-refractivity contribution < 1.29 is 19.4 Å². The monoisotopic (exact) mass is 169 g/mol. The van der Waals surface area contributed by atoms with Gasteiger partial charge in [-0.1, -0.05) is 0 Å². The van der Waals surface area contributed by atoms with E-state index in [2.05, 4.69) is 4.74 Å². The van der Waals surface area contributed by atoms with Crippen molar-refractivity contribution in [1.82, 2.24) is 0 Å². The summed E-state index contributed by atoms with van der Waals surface area (Å²) in [4.78, 5) is 21.1. The van der Waals surface area contributed by atoms with Crippen molar-refractivity contribution in [2.45, 2.75) is 6.10 Å². The van der Waals surface area contributed by atoms with Crippen LogP contribution in [-0.2, 0) is 14.3 Å². The summed E-state index contributed by atoms with van der Waals surface area (Å²) in [6, 6.07) is 0. The zero-order chi connectivity index (χ0) is 9.14. The first-order chi connectivity index (χ1) is 5.63. The van der Waals surface area contributed by atoms with Gasteiger partial charge in [0, 0.05) is 0 Å². The molecule has 64 valence electrons. The summed E-state index contributed by atoms with van der Waals surface area (Å²) in [5, 5.41) is 8.55. The van der Waals surface area contributed by atoms with Crippen LogP contribution in [-0.4, -0.2) is 23.1 Å². The molecular weight excluding hydrogens is 162 g/mol. The van der Waals surface area contributed by atoms with E-state index in [1.165, 1.54) is 18.4 Å². The van der Waals surface area contributed by atoms with Crippen molar-refractivity contribution in [3.05, 3.63) is 24.0 Å². The number of carbonyl (C=O) groups excluding carboxylic acids is 1. The van der Waals surface area contributed by atoms with Gasteiger partial charge in [-0.05, 0) is 12.2 Å². The molecule has 5 nitrogen and oxygen atoms in total. The van der Waals surface area contributed by atoms with Crippen molar-refractivity contribution in [2.75, 3.05) is 0 Å². The van der Waals surface area contributed by atoms with E-state index >= 15 is 0 Å². The maximum atomic E-state index is 10.6. The Morgan fingerprint density at radius 3 is 2.67 bits per heavy atom. The first-order valence-corrected chi connectivity index (χ1v) is 3.17. The number of hydrogen-bond donors (Lipinski definition) is 2. The highest BCUT2D eigenvalue weighted by molar-refractivity contribution is 5.99. The molecule has 1 atom stereocenters. The standard InChI is InChI=1S/C7H7NO4/c8-6(9)4-2-1-3-12-5(4)7(10)11/h1-3,5H,(H2,8,9)(H,10,11). The van der Waals surface area contributed by atoms with Crippen molar-refractivity contribution in [3.8, 4) is 0 Å². The Labute approximate surface area is 68.1 Å². The molecule has 0 aromatic rings. The minimum absolute atomic E-state index is 0.0509. The highest BCUT2D eigenvalue weighted by Gasteiger charge is 2.27. The second kappa shape index (κ2) is 3.08. The highest BCUT2D eigenvalue weighted by Crippen LogP contribution is 2.12. The average molecular weight is 169 g/mol. The Morgan fingerprint density at radius 1 is 1.58 bits per heavy atom. The third-order valence-electron chi connectivity index (χ3n) is 1.36. The van der Waals surface area contributed by atoms with Gasteiger partial charge in [-0.25, -0.2) is 4.79 Å². The van der Waals surface area contributed by atoms with Gasteiger partial charge in [0.2, 0.25) is 12.0 Å². The summed E-state index contributed by atoms with van der Waals surface area (Å²) >= 11 is 0. The van der Waals surface area contributed by atoms with Crippen LogP contribution in [0.15, 0.2) is 24.0 Å². The minimum atomic E-state index is -1.27. The SMILES string of the molecule is NC(=O)C1=CC=COC1C(=O)O. The van der Waals surface area contributed by atoms with Crippen LogP contribution in [0.2, 0.25) is 0 Å². The summed E-state index contributed by atoms with van der Waals surface area (Å²) in [7, 11) is 0. The molecule has 0 radical (unpaired) electrons. The van der Waals surface area contributed by atoms with Crippen LogP contribution < -0.4 is 5.73 Å². The van der Waals surface area contributed by atoms with Crippen LogP contribution in [0.3, 0.4) is 0 Å². The number of carbonyl (C=O) groups is 2. The van der Waals surface area contributed by atoms with E-state index in [1.807, 2.05) is 0 Å². The topological polar surface area (TPSA) is 89.6 Å². The van der Waals surface area contributed by atoms with Gasteiger partial charge in [-0.3, -0.25) is 4.79 Å². The molecule has 0 saturated heterocycles. The summed E-state index contributed by atoms with van der Waals surface area (Å²) in [5.74, 6) is -2.02. The molecule has 0 fully saturated rings. The van der Waals surface area contributed by atoms with Gasteiger partial charge in [-0.2, -0.15) is 0 Å². The van der Waals surface area contributed by atoms with Gasteiger partial charge < -0.3 is 15.6 Å². The van der Waals surface area contributed by atoms with Crippen LogP contribution in [0, 0.1) is 0 Å². The van der Waals surface area contributed by atoms with Crippen molar-refractivity contribution in [1.29, 1.82) is 0 Å². The highest BCUT2D eigenvalue weighted by atomic mass is 16.5. The lowest BCUT2D eigenvalue weighted by atomic mass is 10.1. The molecular formula is C7H7NO4. The zero-order valence-electron chi connectivity index (χ0n) is 6.06. The van der Waals surface area contributed by atoms with Gasteiger partial charge >= 0.3 is 5.97 Å². The second-order valence-electron chi connectivity index (χ2n) is 2.17. The molecule has 3 N–H and O–H groups in total. The van der Waals surface area contributed by atoms with Crippen LogP contribution in [0.4, 0.5) is 0 Å². The normalized spacial score (nSPS) is 21.0. The number of carboxylic acids is 1. The van der Waals surface area contributed by atoms with Crippen LogP contribution in [0.5, 0.6) is 0 Å². The molecule has 0 aromatic heterocycles. The largest absolute Gasteiger partial charge is 0.481 e. The van der Waals surface area contributed by atoms with Gasteiger partial charge in [0.15, 0.2) is 0 Å². The summed E-state index contributed by atoms with van der Waals surface area (Å²) in [6.07, 6.45) is 2.67. The van der Waals surface area contributed by atoms with Crippen molar-refractivity contribution in [3.63, 3.8) is 0 Å². The summed E-state index contributed by atoms with van der Waals surface area (Å²) in [5.41, 5.74) is 4.86. The number of nitrogens with two attached hydrogens (primary N) is 1. The molecule has 1 unspecified atom stereocenters. The lowest BCUT2D eigenvalue weighted by Gasteiger charge is -2.15. The molecule has 0 spiro atoms. The van der Waals surface area contributed by atoms with Crippen LogP contribution in [0.1, 0.15) is 0 Å². The predicted molar refractivity (Wildman–Crippen MR) is 38.9 cm³/mol. The molecule has 1 rings (SSSR count). The van der Waals surface area contributed by atoms with E-state index in [0.29, 0.717) is 0 Å². The average Bonchev–Trinajstić information content (AvgIpc) is 2.04. The van der Waals surface area contributed by atoms with E-state index in [-0.39, 0.29) is 5.57 Å². The van der Waals surface area contributed by atoms with E-state index in [1.54, 1.807) is 0 Å². The number of hydrogen-bond acceptors (Lipinski definition) is 3. The minimum Gasteiger partial charge on any atom is -0.481 e. The van der Waals surface area contributed by atoms with Gasteiger partial charge in [0.05, 0.1) is 11.8 Å². The Hall–Kier alpha value is -1.78. The zero-order valence-corrected chi connectivity index (χ0v) is 6.06. The molecule has 1 aliphatic rings. The van der Waals surface area contributed by atoms with E-state index in [4.69, 9.17) is 10.8 Å². The number of allylic oxidation sites excluding steroid dienone is 2. The predicted octanol–water partition coefficient (Wildman–Crippen LogP) is -0.605. The number of primary amides is 1. The van der Waals surface area contributed by atoms with Gasteiger partial charge in [0.25, 0.3) is 0 Å². The number of amides is 1. The Balaban J connectivity index is 2.91. The Morgan fingerprint density at radius 2 is 2.25 bits per heavy atom. The van der Waals surface area contributed by atoms with Gasteiger partial charge in [0.1, 0.15) is 0 Å². The first-order valence-electron chi connectivity index (χ1n) is 3.17. The van der Waals surface area contributed by atoms with E-state index in [9.17, 15) is 9.59 Å². The molecule has 0 bridgehead atoms. The van der Waals surface area contributed by atoms with Crippen molar-refractivity contribution >= 4 is 11.9 Å². The molecule has 1 aliphatic heterocycles. The quantitative estimate of drug-likeness (QED) is 0.577. The van der Waals surface area contributed by atoms with E-state index in [0.717, 1.165) is 0 Å². The third-order valence-corrected chi connectivity index (χ3v) is 1.36. The fraction of sp³-hybridized carbons (Fsp3) is 0.143. The fourth-order valence-corrected chi connectivity index (χ4v) is 0.830. The number of rotatable bonds is 2. The number of ether oxygens (including phenoxy) is 1. The van der Waals surface area contributed by atoms with Crippen molar-refractivity contribution in [2.24, 2.45) is 5.73 Å².